The molecule has 0 atom stereocenters. The summed E-state index contributed by atoms with van der Waals surface area (Å²) in [6.07, 6.45) is 2.25. The SMILES string of the molecule is CCC(=Cc1ccc(I)cc1)C(=O)O. The molecule has 1 aromatic carbocycles. The zero-order valence-corrected chi connectivity index (χ0v) is 9.98. The van der Waals surface area contributed by atoms with Gasteiger partial charge in [0, 0.05) is 9.14 Å². The van der Waals surface area contributed by atoms with E-state index in [1.807, 2.05) is 31.2 Å². The number of halogens is 1. The topological polar surface area (TPSA) is 37.3 Å². The first kappa shape index (κ1) is 11.2. The van der Waals surface area contributed by atoms with E-state index >= 15 is 0 Å². The van der Waals surface area contributed by atoms with Gasteiger partial charge in [0.05, 0.1) is 0 Å². The molecule has 0 radical (unpaired) electrons. The molecular formula is C11H11IO2. The van der Waals surface area contributed by atoms with Crippen LogP contribution in [-0.4, -0.2) is 11.1 Å². The van der Waals surface area contributed by atoms with Gasteiger partial charge < -0.3 is 5.11 Å². The molecule has 0 spiro atoms. The van der Waals surface area contributed by atoms with Crippen molar-refractivity contribution in [2.24, 2.45) is 0 Å². The summed E-state index contributed by atoms with van der Waals surface area (Å²) in [7, 11) is 0. The first-order valence-corrected chi connectivity index (χ1v) is 5.40. The maximum atomic E-state index is 10.7. The summed E-state index contributed by atoms with van der Waals surface area (Å²) in [6, 6.07) is 7.75. The average Bonchev–Trinajstić information content (AvgIpc) is 2.16. The highest BCUT2D eigenvalue weighted by molar-refractivity contribution is 14.1. The Morgan fingerprint density at radius 3 is 2.43 bits per heavy atom. The van der Waals surface area contributed by atoms with Crippen LogP contribution in [0.3, 0.4) is 0 Å². The van der Waals surface area contributed by atoms with Crippen LogP contribution in [0.25, 0.3) is 6.08 Å². The molecule has 1 N–H and O–H groups in total. The van der Waals surface area contributed by atoms with E-state index < -0.39 is 5.97 Å². The number of benzene rings is 1. The summed E-state index contributed by atoms with van der Waals surface area (Å²) in [4.78, 5) is 10.7. The lowest BCUT2D eigenvalue weighted by molar-refractivity contribution is -0.132. The second kappa shape index (κ2) is 5.14. The first-order chi connectivity index (χ1) is 6.63. The molecule has 0 unspecified atom stereocenters. The predicted molar refractivity (Wildman–Crippen MR) is 65.1 cm³/mol. The van der Waals surface area contributed by atoms with Crippen LogP contribution in [0.15, 0.2) is 29.8 Å². The molecule has 2 nitrogen and oxygen atoms in total. The van der Waals surface area contributed by atoms with E-state index in [9.17, 15) is 4.79 Å². The van der Waals surface area contributed by atoms with Crippen LogP contribution in [0.5, 0.6) is 0 Å². The summed E-state index contributed by atoms with van der Waals surface area (Å²) >= 11 is 2.22. The molecule has 0 aromatic heterocycles. The van der Waals surface area contributed by atoms with Crippen LogP contribution < -0.4 is 0 Å². The van der Waals surface area contributed by atoms with Crippen LogP contribution in [0, 0.1) is 3.57 Å². The quantitative estimate of drug-likeness (QED) is 0.688. The molecule has 0 aliphatic rings. The van der Waals surface area contributed by atoms with E-state index in [1.165, 1.54) is 0 Å². The van der Waals surface area contributed by atoms with E-state index in [4.69, 9.17) is 5.11 Å². The Morgan fingerprint density at radius 2 is 2.00 bits per heavy atom. The largest absolute Gasteiger partial charge is 0.478 e. The highest BCUT2D eigenvalue weighted by Crippen LogP contribution is 2.12. The third kappa shape index (κ3) is 3.14. The number of carbonyl (C=O) groups is 1. The van der Waals surface area contributed by atoms with Crippen molar-refractivity contribution in [2.45, 2.75) is 13.3 Å². The Bertz CT molecular complexity index is 352. The van der Waals surface area contributed by atoms with E-state index in [0.717, 1.165) is 9.13 Å². The lowest BCUT2D eigenvalue weighted by Gasteiger charge is -1.98. The number of aliphatic carboxylic acids is 1. The molecule has 0 saturated carbocycles. The number of hydrogen-bond acceptors (Lipinski definition) is 1. The molecule has 0 bridgehead atoms. The summed E-state index contributed by atoms with van der Waals surface area (Å²) in [6.45, 7) is 1.84. The van der Waals surface area contributed by atoms with Crippen molar-refractivity contribution >= 4 is 34.6 Å². The van der Waals surface area contributed by atoms with Crippen molar-refractivity contribution in [3.8, 4) is 0 Å². The summed E-state index contributed by atoms with van der Waals surface area (Å²) < 4.78 is 1.15. The molecule has 0 aliphatic carbocycles. The van der Waals surface area contributed by atoms with Crippen molar-refractivity contribution in [1.82, 2.24) is 0 Å². The Balaban J connectivity index is 2.95. The Morgan fingerprint density at radius 1 is 1.43 bits per heavy atom. The van der Waals surface area contributed by atoms with Gasteiger partial charge in [0.2, 0.25) is 0 Å². The monoisotopic (exact) mass is 302 g/mol. The smallest absolute Gasteiger partial charge is 0.331 e. The van der Waals surface area contributed by atoms with Gasteiger partial charge in [-0.2, -0.15) is 0 Å². The molecule has 0 amide bonds. The third-order valence-electron chi connectivity index (χ3n) is 1.87. The van der Waals surface area contributed by atoms with Gasteiger partial charge in [-0.15, -0.1) is 0 Å². The van der Waals surface area contributed by atoms with Gasteiger partial charge in [-0.1, -0.05) is 19.1 Å². The summed E-state index contributed by atoms with van der Waals surface area (Å²) in [5.41, 5.74) is 1.37. The average molecular weight is 302 g/mol. The predicted octanol–water partition coefficient (Wildman–Crippen LogP) is 3.17. The standard InChI is InChI=1S/C11H11IO2/c1-2-9(11(13)14)7-8-3-5-10(12)6-4-8/h3-7H,2H2,1H3,(H,13,14). The normalized spacial score (nSPS) is 11.4. The van der Waals surface area contributed by atoms with Gasteiger partial charge in [0.25, 0.3) is 0 Å². The fourth-order valence-electron chi connectivity index (χ4n) is 1.08. The fraction of sp³-hybridized carbons (Fsp3) is 0.182. The minimum Gasteiger partial charge on any atom is -0.478 e. The number of carboxylic acid groups (broad SMARTS) is 1. The minimum atomic E-state index is -0.842. The van der Waals surface area contributed by atoms with Crippen LogP contribution in [0.2, 0.25) is 0 Å². The highest BCUT2D eigenvalue weighted by Gasteiger charge is 2.03. The van der Waals surface area contributed by atoms with Crippen molar-refractivity contribution < 1.29 is 9.90 Å². The third-order valence-corrected chi connectivity index (χ3v) is 2.59. The number of rotatable bonds is 3. The van der Waals surface area contributed by atoms with Gasteiger partial charge in [-0.25, -0.2) is 4.79 Å². The number of carboxylic acids is 1. The minimum absolute atomic E-state index is 0.436. The van der Waals surface area contributed by atoms with Crippen LogP contribution in [0.4, 0.5) is 0 Å². The van der Waals surface area contributed by atoms with Gasteiger partial charge in [0.1, 0.15) is 0 Å². The van der Waals surface area contributed by atoms with Gasteiger partial charge in [-0.3, -0.25) is 0 Å². The molecule has 74 valence electrons. The zero-order chi connectivity index (χ0) is 10.6. The van der Waals surface area contributed by atoms with Gasteiger partial charge >= 0.3 is 5.97 Å². The molecule has 3 heteroatoms. The zero-order valence-electron chi connectivity index (χ0n) is 7.83. The summed E-state index contributed by atoms with van der Waals surface area (Å²) in [5.74, 6) is -0.842. The molecule has 0 fully saturated rings. The maximum Gasteiger partial charge on any atom is 0.331 e. The highest BCUT2D eigenvalue weighted by atomic mass is 127. The van der Waals surface area contributed by atoms with Crippen molar-refractivity contribution in [1.29, 1.82) is 0 Å². The van der Waals surface area contributed by atoms with Crippen molar-refractivity contribution in [2.75, 3.05) is 0 Å². The van der Waals surface area contributed by atoms with Crippen LogP contribution >= 0.6 is 22.6 Å². The Labute approximate surface area is 96.8 Å². The van der Waals surface area contributed by atoms with Crippen molar-refractivity contribution in [3.63, 3.8) is 0 Å². The molecule has 0 heterocycles. The van der Waals surface area contributed by atoms with E-state index in [1.54, 1.807) is 6.08 Å². The maximum absolute atomic E-state index is 10.7. The van der Waals surface area contributed by atoms with E-state index in [-0.39, 0.29) is 0 Å². The lowest BCUT2D eigenvalue weighted by Crippen LogP contribution is -1.98. The van der Waals surface area contributed by atoms with Gasteiger partial charge in [0.15, 0.2) is 0 Å². The molecule has 0 aliphatic heterocycles. The Kier molecular flexibility index (Phi) is 4.13. The second-order valence-corrected chi connectivity index (χ2v) is 4.13. The molecule has 14 heavy (non-hydrogen) atoms. The van der Waals surface area contributed by atoms with E-state index in [2.05, 4.69) is 22.6 Å². The lowest BCUT2D eigenvalue weighted by atomic mass is 10.1. The summed E-state index contributed by atoms with van der Waals surface area (Å²) in [5, 5.41) is 8.82. The van der Waals surface area contributed by atoms with E-state index in [0.29, 0.717) is 12.0 Å². The molecular weight excluding hydrogens is 291 g/mol. The van der Waals surface area contributed by atoms with Gasteiger partial charge in [-0.05, 0) is 52.8 Å². The Hall–Kier alpha value is -0.840. The first-order valence-electron chi connectivity index (χ1n) is 4.33. The number of hydrogen-bond donors (Lipinski definition) is 1. The van der Waals surface area contributed by atoms with Crippen molar-refractivity contribution in [3.05, 3.63) is 39.0 Å². The molecule has 0 saturated heterocycles. The van der Waals surface area contributed by atoms with Crippen LogP contribution in [-0.2, 0) is 4.79 Å². The van der Waals surface area contributed by atoms with Crippen LogP contribution in [0.1, 0.15) is 18.9 Å². The second-order valence-electron chi connectivity index (χ2n) is 2.88. The molecule has 1 aromatic rings. The molecule has 1 rings (SSSR count). The fourth-order valence-corrected chi connectivity index (χ4v) is 1.43.